The molecule has 0 aliphatic carbocycles. The van der Waals surface area contributed by atoms with Crippen LogP contribution in [0.25, 0.3) is 0 Å². The van der Waals surface area contributed by atoms with Crippen LogP contribution in [0.15, 0.2) is 30.3 Å². The Balaban J connectivity index is 2.66. The highest BCUT2D eigenvalue weighted by Crippen LogP contribution is 2.12. The molecule has 0 aliphatic heterocycles. The van der Waals surface area contributed by atoms with Gasteiger partial charge < -0.3 is 21.3 Å². The number of hydrogen-bond donors (Lipinski definition) is 4. The van der Waals surface area contributed by atoms with Crippen LogP contribution in [0.5, 0.6) is 0 Å². The van der Waals surface area contributed by atoms with Crippen LogP contribution in [0.1, 0.15) is 24.5 Å². The average Bonchev–Trinajstić information content (AvgIpc) is 2.42. The van der Waals surface area contributed by atoms with Crippen molar-refractivity contribution in [2.75, 3.05) is 0 Å². The molecule has 0 saturated carbocycles. The normalized spacial score (nSPS) is 13.2. The van der Waals surface area contributed by atoms with Gasteiger partial charge in [-0.2, -0.15) is 0 Å². The zero-order valence-corrected chi connectivity index (χ0v) is 10.7. The highest BCUT2D eigenvalue weighted by Gasteiger charge is 2.25. The minimum atomic E-state index is -1.47. The fourth-order valence-corrected chi connectivity index (χ4v) is 1.58. The van der Waals surface area contributed by atoms with E-state index in [-0.39, 0.29) is 12.8 Å². The van der Waals surface area contributed by atoms with Gasteiger partial charge in [-0.1, -0.05) is 30.3 Å². The molecule has 20 heavy (non-hydrogen) atoms. The SMILES string of the molecule is NC(=O)CC[C@H](NC(=O)C(O)c1ccccc1)C(=O)O. The quantitative estimate of drug-likeness (QED) is 0.537. The van der Waals surface area contributed by atoms with Crippen molar-refractivity contribution >= 4 is 17.8 Å². The number of nitrogens with two attached hydrogens (primary N) is 1. The Morgan fingerprint density at radius 3 is 2.30 bits per heavy atom. The molecule has 1 unspecified atom stereocenters. The lowest BCUT2D eigenvalue weighted by Crippen LogP contribution is -2.43. The van der Waals surface area contributed by atoms with Gasteiger partial charge >= 0.3 is 5.97 Å². The number of carbonyl (C=O) groups is 3. The highest BCUT2D eigenvalue weighted by molar-refractivity contribution is 5.87. The minimum absolute atomic E-state index is 0.127. The van der Waals surface area contributed by atoms with Crippen LogP contribution in [0, 0.1) is 0 Å². The first-order valence-corrected chi connectivity index (χ1v) is 5.96. The van der Waals surface area contributed by atoms with Crippen LogP contribution in [-0.4, -0.2) is 34.0 Å². The van der Waals surface area contributed by atoms with Gasteiger partial charge in [0.25, 0.3) is 5.91 Å². The molecule has 1 aromatic carbocycles. The lowest BCUT2D eigenvalue weighted by molar-refractivity contribution is -0.143. The van der Waals surface area contributed by atoms with Gasteiger partial charge in [0, 0.05) is 6.42 Å². The summed E-state index contributed by atoms with van der Waals surface area (Å²) in [5, 5.41) is 20.9. The smallest absolute Gasteiger partial charge is 0.326 e. The standard InChI is InChI=1S/C13H16N2O5/c14-10(16)7-6-9(13(19)20)15-12(18)11(17)8-4-2-1-3-5-8/h1-5,9,11,17H,6-7H2,(H2,14,16)(H,15,18)(H,19,20)/t9-,11?/m0/s1. The third-order valence-electron chi connectivity index (χ3n) is 2.66. The highest BCUT2D eigenvalue weighted by atomic mass is 16.4. The third kappa shape index (κ3) is 4.69. The Kier molecular flexibility index (Phi) is 5.67. The Morgan fingerprint density at radius 1 is 1.20 bits per heavy atom. The van der Waals surface area contributed by atoms with Gasteiger partial charge in [0.2, 0.25) is 5.91 Å². The maximum Gasteiger partial charge on any atom is 0.326 e. The predicted octanol–water partition coefficient (Wildman–Crippen LogP) is -0.445. The average molecular weight is 280 g/mol. The number of amides is 2. The lowest BCUT2D eigenvalue weighted by atomic mass is 10.1. The van der Waals surface area contributed by atoms with Crippen LogP contribution in [-0.2, 0) is 14.4 Å². The van der Waals surface area contributed by atoms with E-state index in [0.717, 1.165) is 0 Å². The van der Waals surface area contributed by atoms with Gasteiger partial charge in [-0.05, 0) is 12.0 Å². The van der Waals surface area contributed by atoms with Crippen LogP contribution >= 0.6 is 0 Å². The number of carboxylic acids is 1. The molecule has 1 aromatic rings. The molecule has 7 heteroatoms. The third-order valence-corrected chi connectivity index (χ3v) is 2.66. The monoisotopic (exact) mass is 280 g/mol. The number of primary amides is 1. The lowest BCUT2D eigenvalue weighted by Gasteiger charge is -2.17. The first-order chi connectivity index (χ1) is 9.41. The van der Waals surface area contributed by atoms with Crippen molar-refractivity contribution in [1.29, 1.82) is 0 Å². The van der Waals surface area contributed by atoms with E-state index in [1.54, 1.807) is 30.3 Å². The van der Waals surface area contributed by atoms with E-state index in [2.05, 4.69) is 5.32 Å². The van der Waals surface area contributed by atoms with E-state index in [1.807, 2.05) is 0 Å². The number of carboxylic acid groups (broad SMARTS) is 1. The van der Waals surface area contributed by atoms with E-state index >= 15 is 0 Å². The molecular formula is C13H16N2O5. The Bertz CT molecular complexity index is 489. The topological polar surface area (TPSA) is 130 Å². The van der Waals surface area contributed by atoms with Crippen molar-refractivity contribution in [3.63, 3.8) is 0 Å². The summed E-state index contributed by atoms with van der Waals surface area (Å²) in [6.45, 7) is 0. The molecule has 0 fully saturated rings. The maximum atomic E-state index is 11.8. The molecule has 2 amide bonds. The Labute approximate surface area is 115 Å². The molecule has 1 rings (SSSR count). The number of carbonyl (C=O) groups excluding carboxylic acids is 2. The van der Waals surface area contributed by atoms with Crippen LogP contribution in [0.2, 0.25) is 0 Å². The molecule has 0 aromatic heterocycles. The molecule has 0 bridgehead atoms. The molecular weight excluding hydrogens is 264 g/mol. The molecule has 0 radical (unpaired) electrons. The number of aliphatic carboxylic acids is 1. The molecule has 108 valence electrons. The maximum absolute atomic E-state index is 11.8. The first kappa shape index (κ1) is 15.6. The molecule has 0 heterocycles. The van der Waals surface area contributed by atoms with Crippen molar-refractivity contribution in [2.45, 2.75) is 25.0 Å². The van der Waals surface area contributed by atoms with Gasteiger partial charge in [-0.3, -0.25) is 9.59 Å². The van der Waals surface area contributed by atoms with Crippen LogP contribution in [0.3, 0.4) is 0 Å². The summed E-state index contributed by atoms with van der Waals surface area (Å²) in [4.78, 5) is 33.4. The second-order valence-corrected chi connectivity index (χ2v) is 4.22. The molecule has 0 spiro atoms. The fourth-order valence-electron chi connectivity index (χ4n) is 1.58. The van der Waals surface area contributed by atoms with Gasteiger partial charge in [-0.15, -0.1) is 0 Å². The van der Waals surface area contributed by atoms with Crippen molar-refractivity contribution in [2.24, 2.45) is 5.73 Å². The summed E-state index contributed by atoms with van der Waals surface area (Å²) >= 11 is 0. The molecule has 0 saturated heterocycles. The van der Waals surface area contributed by atoms with Crippen LogP contribution < -0.4 is 11.1 Å². The van der Waals surface area contributed by atoms with E-state index in [4.69, 9.17) is 10.8 Å². The number of aliphatic hydroxyl groups is 1. The molecule has 0 aliphatic rings. The first-order valence-electron chi connectivity index (χ1n) is 5.96. The number of hydrogen-bond acceptors (Lipinski definition) is 4. The summed E-state index contributed by atoms with van der Waals surface area (Å²) in [5.74, 6) is -2.79. The van der Waals surface area contributed by atoms with Gasteiger partial charge in [-0.25, -0.2) is 4.79 Å². The van der Waals surface area contributed by atoms with E-state index in [9.17, 15) is 19.5 Å². The summed E-state index contributed by atoms with van der Waals surface area (Å²) < 4.78 is 0. The summed E-state index contributed by atoms with van der Waals surface area (Å²) in [6.07, 6.45) is -1.76. The van der Waals surface area contributed by atoms with Crippen LogP contribution in [0.4, 0.5) is 0 Å². The minimum Gasteiger partial charge on any atom is -0.480 e. The van der Waals surface area contributed by atoms with Gasteiger partial charge in [0.15, 0.2) is 6.10 Å². The number of rotatable bonds is 7. The van der Waals surface area contributed by atoms with Crippen molar-refractivity contribution in [3.8, 4) is 0 Å². The zero-order valence-electron chi connectivity index (χ0n) is 10.7. The predicted molar refractivity (Wildman–Crippen MR) is 69.4 cm³/mol. The van der Waals surface area contributed by atoms with Crippen molar-refractivity contribution in [1.82, 2.24) is 5.32 Å². The largest absolute Gasteiger partial charge is 0.480 e. The second-order valence-electron chi connectivity index (χ2n) is 4.22. The summed E-state index contributed by atoms with van der Waals surface area (Å²) in [7, 11) is 0. The van der Waals surface area contributed by atoms with Gasteiger partial charge in [0.05, 0.1) is 0 Å². The molecule has 2 atom stereocenters. The fraction of sp³-hybridized carbons (Fsp3) is 0.308. The van der Waals surface area contributed by atoms with E-state index in [1.165, 1.54) is 0 Å². The molecule has 5 N–H and O–H groups in total. The zero-order chi connectivity index (χ0) is 15.1. The number of nitrogens with one attached hydrogen (secondary N) is 1. The number of aliphatic hydroxyl groups excluding tert-OH is 1. The Morgan fingerprint density at radius 2 is 1.80 bits per heavy atom. The Hall–Kier alpha value is -2.41. The van der Waals surface area contributed by atoms with E-state index in [0.29, 0.717) is 5.56 Å². The molecule has 7 nitrogen and oxygen atoms in total. The van der Waals surface area contributed by atoms with Gasteiger partial charge in [0.1, 0.15) is 6.04 Å². The number of benzene rings is 1. The van der Waals surface area contributed by atoms with Crippen molar-refractivity contribution in [3.05, 3.63) is 35.9 Å². The van der Waals surface area contributed by atoms with E-state index < -0.39 is 29.9 Å². The summed E-state index contributed by atoms with van der Waals surface area (Å²) in [5.41, 5.74) is 5.28. The van der Waals surface area contributed by atoms with Crippen molar-refractivity contribution < 1.29 is 24.6 Å². The second kappa shape index (κ2) is 7.25. The summed E-state index contributed by atoms with van der Waals surface area (Å²) in [6, 6.07) is 6.84.